The first kappa shape index (κ1) is 31.4. The molecule has 2 bridgehead atoms. The Morgan fingerprint density at radius 1 is 1.08 bits per heavy atom. The molecule has 3 aromatic carbocycles. The van der Waals surface area contributed by atoms with Crippen molar-refractivity contribution in [3.05, 3.63) is 53.1 Å². The Bertz CT molecular complexity index is 2110. The lowest BCUT2D eigenvalue weighted by Crippen LogP contribution is -2.65. The van der Waals surface area contributed by atoms with Gasteiger partial charge in [0.15, 0.2) is 5.82 Å². The Morgan fingerprint density at radius 2 is 1.88 bits per heavy atom. The predicted molar refractivity (Wildman–Crippen MR) is 185 cm³/mol. The van der Waals surface area contributed by atoms with Crippen LogP contribution in [0.1, 0.15) is 56.1 Å². The summed E-state index contributed by atoms with van der Waals surface area (Å²) in [6.07, 6.45) is 13.3. The van der Waals surface area contributed by atoms with Crippen molar-refractivity contribution in [2.75, 3.05) is 50.8 Å². The van der Waals surface area contributed by atoms with Crippen molar-refractivity contribution in [2.45, 2.75) is 62.6 Å². The topological polar surface area (TPSA) is 107 Å². The number of piperazine rings is 1. The highest BCUT2D eigenvalue weighted by Gasteiger charge is 2.51. The lowest BCUT2D eigenvalue weighted by Gasteiger charge is -2.52. The summed E-state index contributed by atoms with van der Waals surface area (Å²) < 4.78 is 44.7. The van der Waals surface area contributed by atoms with E-state index in [0.717, 1.165) is 64.8 Å². The molecule has 5 fully saturated rings. The lowest BCUT2D eigenvalue weighted by molar-refractivity contribution is -0.170. The highest BCUT2D eigenvalue weighted by molar-refractivity contribution is 6.05. The first-order valence-electron chi connectivity index (χ1n) is 17.6. The molecular weight excluding hydrogens is 638 g/mol. The molecule has 11 heteroatoms. The summed E-state index contributed by atoms with van der Waals surface area (Å²) in [5.74, 6) is 1.28. The Hall–Kier alpha value is -4.55. The number of aromatic nitrogens is 2. The van der Waals surface area contributed by atoms with Gasteiger partial charge in [-0.25, -0.2) is 8.78 Å². The zero-order valence-corrected chi connectivity index (χ0v) is 27.8. The van der Waals surface area contributed by atoms with Gasteiger partial charge < -0.3 is 24.8 Å². The molecular formula is C39H38F2N6O3. The van der Waals surface area contributed by atoms with Crippen molar-refractivity contribution >= 4 is 27.5 Å². The quantitative estimate of drug-likeness (QED) is 0.241. The maximum absolute atomic E-state index is 17.2. The minimum atomic E-state index is -0.788. The number of nitriles is 1. The number of halogens is 2. The molecule has 4 aliphatic heterocycles. The van der Waals surface area contributed by atoms with E-state index in [-0.39, 0.29) is 68.0 Å². The smallest absolute Gasteiger partial charge is 0.319 e. The maximum Gasteiger partial charge on any atom is 0.319 e. The molecule has 1 aliphatic carbocycles. The fourth-order valence-corrected chi connectivity index (χ4v) is 8.84. The van der Waals surface area contributed by atoms with Crippen molar-refractivity contribution in [3.63, 3.8) is 0 Å². The molecule has 4 aromatic rings. The normalized spacial score (nSPS) is 23.5. The van der Waals surface area contributed by atoms with Crippen molar-refractivity contribution in [2.24, 2.45) is 5.41 Å². The number of anilines is 1. The molecule has 1 spiro atoms. The van der Waals surface area contributed by atoms with Crippen LogP contribution in [0.5, 0.6) is 11.8 Å². The summed E-state index contributed by atoms with van der Waals surface area (Å²) in [6, 6.07) is 9.81. The molecule has 256 valence electrons. The van der Waals surface area contributed by atoms with E-state index in [9.17, 15) is 14.8 Å². The number of ether oxygens (including phenoxy) is 2. The van der Waals surface area contributed by atoms with Crippen molar-refractivity contribution in [1.82, 2.24) is 20.2 Å². The van der Waals surface area contributed by atoms with Gasteiger partial charge in [-0.05, 0) is 80.2 Å². The second-order valence-corrected chi connectivity index (χ2v) is 15.1. The Kier molecular flexibility index (Phi) is 7.40. The summed E-state index contributed by atoms with van der Waals surface area (Å²) in [7, 11) is 0. The summed E-state index contributed by atoms with van der Waals surface area (Å²) in [6.45, 7) is 5.40. The molecule has 50 heavy (non-hydrogen) atoms. The second kappa shape index (κ2) is 11.8. The zero-order chi connectivity index (χ0) is 34.2. The van der Waals surface area contributed by atoms with Gasteiger partial charge in [-0.3, -0.25) is 4.90 Å². The third-order valence-electron chi connectivity index (χ3n) is 11.5. The molecule has 5 heterocycles. The van der Waals surface area contributed by atoms with Crippen LogP contribution in [0.4, 0.5) is 14.6 Å². The maximum atomic E-state index is 17.2. The fourth-order valence-electron chi connectivity index (χ4n) is 8.84. The van der Waals surface area contributed by atoms with Crippen LogP contribution >= 0.6 is 0 Å². The molecule has 5 aliphatic rings. The molecule has 4 saturated heterocycles. The average Bonchev–Trinajstić information content (AvgIpc) is 3.80. The summed E-state index contributed by atoms with van der Waals surface area (Å²) >= 11 is 0. The number of fused-ring (bicyclic) bond motifs is 4. The predicted octanol–water partition coefficient (Wildman–Crippen LogP) is 5.64. The summed E-state index contributed by atoms with van der Waals surface area (Å²) in [5.41, 5.74) is -0.109. The highest BCUT2D eigenvalue weighted by Crippen LogP contribution is 2.49. The SMILES string of the molecule is C#Cc1c(F)ccc2cc(O)cc(-c3c(C#N)cc4c(N5CC6CCC(C5)N6)nc(OCC5(CN6CC7(CCCCO7)C6)CC5)nc4c3F)c12. The molecule has 1 aromatic heterocycles. The van der Waals surface area contributed by atoms with Crippen LogP contribution in [0.25, 0.3) is 32.8 Å². The van der Waals surface area contributed by atoms with Gasteiger partial charge in [-0.1, -0.05) is 12.0 Å². The third-order valence-corrected chi connectivity index (χ3v) is 11.5. The Morgan fingerprint density at radius 3 is 2.58 bits per heavy atom. The van der Waals surface area contributed by atoms with E-state index in [0.29, 0.717) is 36.3 Å². The number of rotatable bonds is 7. The fraction of sp³-hybridized carbons (Fsp3) is 0.462. The first-order chi connectivity index (χ1) is 24.3. The Balaban J connectivity index is 1.12. The van der Waals surface area contributed by atoms with Crippen molar-refractivity contribution < 1.29 is 23.4 Å². The third kappa shape index (κ3) is 5.31. The number of likely N-dealkylation sites (tertiary alicyclic amines) is 1. The van der Waals surface area contributed by atoms with Gasteiger partial charge in [-0.2, -0.15) is 15.2 Å². The van der Waals surface area contributed by atoms with E-state index in [4.69, 9.17) is 20.9 Å². The summed E-state index contributed by atoms with van der Waals surface area (Å²) in [5, 5.41) is 25.7. The summed E-state index contributed by atoms with van der Waals surface area (Å²) in [4.78, 5) is 14.1. The number of benzene rings is 3. The number of terminal acetylenes is 1. The number of hydrogen-bond donors (Lipinski definition) is 2. The van der Waals surface area contributed by atoms with Crippen LogP contribution in [0, 0.1) is 40.7 Å². The van der Waals surface area contributed by atoms with E-state index in [2.05, 4.69) is 32.1 Å². The van der Waals surface area contributed by atoms with Gasteiger partial charge in [0.25, 0.3) is 0 Å². The van der Waals surface area contributed by atoms with Crippen LogP contribution < -0.4 is 15.0 Å². The standard InChI is InChI=1S/C39H38F2N6O3/c1-2-28-31(40)8-5-23-13-27(48)15-29(32(23)28)33-24(16-42)14-30-35(34(33)41)44-37(45-36(30)47-17-25-6-7-26(18-47)43-25)49-22-38(10-11-38)19-46-20-39(21-46)9-3-4-12-50-39/h1,5,8,13-15,25-26,43,48H,3-4,6-7,9-12,17-22H2. The average molecular weight is 677 g/mol. The van der Waals surface area contributed by atoms with Crippen LogP contribution in [-0.4, -0.2) is 83.6 Å². The van der Waals surface area contributed by atoms with E-state index >= 15 is 4.39 Å². The number of aromatic hydroxyl groups is 1. The lowest BCUT2D eigenvalue weighted by atomic mass is 9.85. The van der Waals surface area contributed by atoms with E-state index in [1.54, 1.807) is 6.07 Å². The molecule has 2 N–H and O–H groups in total. The largest absolute Gasteiger partial charge is 0.508 e. The number of phenols is 1. The van der Waals surface area contributed by atoms with Crippen LogP contribution in [0.2, 0.25) is 0 Å². The minimum Gasteiger partial charge on any atom is -0.508 e. The molecule has 0 radical (unpaired) electrons. The van der Waals surface area contributed by atoms with Crippen molar-refractivity contribution in [3.8, 4) is 41.3 Å². The minimum absolute atomic E-state index is 0.00282. The van der Waals surface area contributed by atoms with Gasteiger partial charge >= 0.3 is 6.01 Å². The Labute approximate surface area is 289 Å². The van der Waals surface area contributed by atoms with E-state index in [1.807, 2.05) is 0 Å². The number of phenolic OH excluding ortho intramolecular Hbond substituents is 1. The van der Waals surface area contributed by atoms with Gasteiger partial charge in [0.1, 0.15) is 22.9 Å². The monoisotopic (exact) mass is 676 g/mol. The number of nitrogens with zero attached hydrogens (tertiary/aromatic N) is 5. The van der Waals surface area contributed by atoms with Gasteiger partial charge in [-0.15, -0.1) is 6.42 Å². The van der Waals surface area contributed by atoms with Crippen LogP contribution in [-0.2, 0) is 4.74 Å². The first-order valence-corrected chi connectivity index (χ1v) is 17.6. The molecule has 1 saturated carbocycles. The number of hydrogen-bond acceptors (Lipinski definition) is 9. The number of nitrogens with one attached hydrogen (secondary N) is 1. The molecule has 9 nitrogen and oxygen atoms in total. The zero-order valence-electron chi connectivity index (χ0n) is 27.8. The molecule has 2 unspecified atom stereocenters. The second-order valence-electron chi connectivity index (χ2n) is 15.1. The van der Waals surface area contributed by atoms with Crippen LogP contribution in [0.3, 0.4) is 0 Å². The van der Waals surface area contributed by atoms with E-state index < -0.39 is 11.6 Å². The van der Waals surface area contributed by atoms with E-state index in [1.165, 1.54) is 30.7 Å². The van der Waals surface area contributed by atoms with Crippen molar-refractivity contribution in [1.29, 1.82) is 5.26 Å². The molecule has 9 rings (SSSR count). The van der Waals surface area contributed by atoms with Crippen LogP contribution in [0.15, 0.2) is 30.3 Å². The van der Waals surface area contributed by atoms with Gasteiger partial charge in [0.05, 0.1) is 29.4 Å². The molecule has 0 amide bonds. The highest BCUT2D eigenvalue weighted by atomic mass is 19.1. The molecule has 2 atom stereocenters. The van der Waals surface area contributed by atoms with Gasteiger partial charge in [0.2, 0.25) is 0 Å². The van der Waals surface area contributed by atoms with Gasteiger partial charge in [0, 0.05) is 73.2 Å².